The fraction of sp³-hybridized carbons (Fsp3) is 0.318. The van der Waals surface area contributed by atoms with Crippen molar-refractivity contribution < 1.29 is 22.7 Å². The van der Waals surface area contributed by atoms with Gasteiger partial charge in [-0.15, -0.1) is 0 Å². The Morgan fingerprint density at radius 3 is 2.23 bits per heavy atom. The van der Waals surface area contributed by atoms with Crippen molar-refractivity contribution in [3.63, 3.8) is 0 Å². The standard InChI is InChI=1S/C22H26N2O5S/c1-17-4-10-21(29-3)18(16-17)5-11-22(25)23-12-14-24(15-13-23)30(26,27)20-8-6-19(28-2)7-9-20/h4-11,16H,12-15H2,1-3H3/b11-5+. The number of benzene rings is 2. The molecular formula is C22H26N2O5S. The van der Waals surface area contributed by atoms with E-state index in [2.05, 4.69) is 0 Å². The van der Waals surface area contributed by atoms with Gasteiger partial charge < -0.3 is 14.4 Å². The molecule has 0 saturated carbocycles. The van der Waals surface area contributed by atoms with Crippen molar-refractivity contribution in [2.24, 2.45) is 0 Å². The third-order valence-electron chi connectivity index (χ3n) is 5.04. The lowest BCUT2D eigenvalue weighted by Crippen LogP contribution is -2.50. The number of aryl methyl sites for hydroxylation is 1. The van der Waals surface area contributed by atoms with Gasteiger partial charge in [0, 0.05) is 37.8 Å². The number of hydrogen-bond donors (Lipinski definition) is 0. The first-order valence-electron chi connectivity index (χ1n) is 9.61. The summed E-state index contributed by atoms with van der Waals surface area (Å²) in [5.41, 5.74) is 1.90. The summed E-state index contributed by atoms with van der Waals surface area (Å²) in [4.78, 5) is 14.4. The average Bonchev–Trinajstić information content (AvgIpc) is 2.77. The van der Waals surface area contributed by atoms with Gasteiger partial charge in [0.25, 0.3) is 0 Å². The van der Waals surface area contributed by atoms with E-state index < -0.39 is 10.0 Å². The monoisotopic (exact) mass is 430 g/mol. The summed E-state index contributed by atoms with van der Waals surface area (Å²) in [6.45, 7) is 3.15. The van der Waals surface area contributed by atoms with Crippen molar-refractivity contribution in [1.82, 2.24) is 9.21 Å². The number of carbonyl (C=O) groups is 1. The van der Waals surface area contributed by atoms with E-state index in [9.17, 15) is 13.2 Å². The Morgan fingerprint density at radius 2 is 1.63 bits per heavy atom. The Bertz CT molecular complexity index is 1020. The van der Waals surface area contributed by atoms with Crippen LogP contribution in [0.5, 0.6) is 11.5 Å². The van der Waals surface area contributed by atoms with Gasteiger partial charge in [0.15, 0.2) is 0 Å². The van der Waals surface area contributed by atoms with E-state index >= 15 is 0 Å². The highest BCUT2D eigenvalue weighted by Crippen LogP contribution is 2.22. The summed E-state index contributed by atoms with van der Waals surface area (Å²) in [6.07, 6.45) is 3.24. The van der Waals surface area contributed by atoms with E-state index in [4.69, 9.17) is 9.47 Å². The summed E-state index contributed by atoms with van der Waals surface area (Å²) in [6, 6.07) is 12.1. The molecule has 8 heteroatoms. The molecule has 0 atom stereocenters. The molecule has 1 aliphatic heterocycles. The van der Waals surface area contributed by atoms with Crippen LogP contribution in [-0.4, -0.2) is 63.9 Å². The van der Waals surface area contributed by atoms with Gasteiger partial charge >= 0.3 is 0 Å². The van der Waals surface area contributed by atoms with Crippen molar-refractivity contribution in [3.05, 3.63) is 59.7 Å². The third kappa shape index (κ3) is 4.83. The molecule has 1 fully saturated rings. The fourth-order valence-electron chi connectivity index (χ4n) is 3.30. The van der Waals surface area contributed by atoms with Crippen molar-refractivity contribution in [3.8, 4) is 11.5 Å². The highest BCUT2D eigenvalue weighted by Gasteiger charge is 2.29. The molecule has 1 aliphatic rings. The number of hydrogen-bond acceptors (Lipinski definition) is 5. The van der Waals surface area contributed by atoms with Gasteiger partial charge in [-0.25, -0.2) is 8.42 Å². The van der Waals surface area contributed by atoms with E-state index in [0.29, 0.717) is 24.6 Å². The predicted octanol–water partition coefficient (Wildman–Crippen LogP) is 2.56. The van der Waals surface area contributed by atoms with Crippen LogP contribution in [0, 0.1) is 6.92 Å². The van der Waals surface area contributed by atoms with Crippen molar-refractivity contribution >= 4 is 22.0 Å². The zero-order chi connectivity index (χ0) is 21.7. The molecule has 1 amide bonds. The number of ether oxygens (including phenoxy) is 2. The molecule has 0 aliphatic carbocycles. The molecule has 3 rings (SSSR count). The number of sulfonamides is 1. The van der Waals surface area contributed by atoms with Gasteiger partial charge in [0.1, 0.15) is 11.5 Å². The van der Waals surface area contributed by atoms with E-state index in [-0.39, 0.29) is 23.9 Å². The zero-order valence-corrected chi connectivity index (χ0v) is 18.2. The van der Waals surface area contributed by atoms with Crippen LogP contribution >= 0.6 is 0 Å². The lowest BCUT2D eigenvalue weighted by atomic mass is 10.1. The minimum Gasteiger partial charge on any atom is -0.497 e. The van der Waals surface area contributed by atoms with Crippen LogP contribution in [0.4, 0.5) is 0 Å². The largest absolute Gasteiger partial charge is 0.497 e. The van der Waals surface area contributed by atoms with Crippen LogP contribution in [0.1, 0.15) is 11.1 Å². The summed E-state index contributed by atoms with van der Waals surface area (Å²) in [7, 11) is -0.479. The Morgan fingerprint density at radius 1 is 0.967 bits per heavy atom. The van der Waals surface area contributed by atoms with Crippen LogP contribution in [-0.2, 0) is 14.8 Å². The Labute approximate surface area is 177 Å². The molecule has 1 saturated heterocycles. The first kappa shape index (κ1) is 21.9. The quantitative estimate of drug-likeness (QED) is 0.659. The van der Waals surface area contributed by atoms with Gasteiger partial charge in [0.2, 0.25) is 15.9 Å². The number of nitrogens with zero attached hydrogens (tertiary/aromatic N) is 2. The molecule has 0 aromatic heterocycles. The van der Waals surface area contributed by atoms with Gasteiger partial charge in [-0.3, -0.25) is 4.79 Å². The predicted molar refractivity (Wildman–Crippen MR) is 115 cm³/mol. The van der Waals surface area contributed by atoms with Crippen LogP contribution in [0.2, 0.25) is 0 Å². The van der Waals surface area contributed by atoms with E-state index in [1.54, 1.807) is 30.2 Å². The Hall–Kier alpha value is -2.84. The molecule has 160 valence electrons. The highest BCUT2D eigenvalue weighted by molar-refractivity contribution is 7.89. The van der Waals surface area contributed by atoms with E-state index in [1.165, 1.54) is 29.6 Å². The Kier molecular flexibility index (Phi) is 6.79. The lowest BCUT2D eigenvalue weighted by molar-refractivity contribution is -0.127. The third-order valence-corrected chi connectivity index (χ3v) is 6.95. The number of carbonyl (C=O) groups excluding carboxylic acids is 1. The van der Waals surface area contributed by atoms with E-state index in [1.807, 2.05) is 25.1 Å². The smallest absolute Gasteiger partial charge is 0.246 e. The molecule has 0 radical (unpaired) electrons. The molecule has 0 unspecified atom stereocenters. The molecule has 2 aromatic carbocycles. The number of methoxy groups -OCH3 is 2. The van der Waals surface area contributed by atoms with Gasteiger partial charge in [0.05, 0.1) is 19.1 Å². The second kappa shape index (κ2) is 9.32. The van der Waals surface area contributed by atoms with E-state index in [0.717, 1.165) is 11.1 Å². The minimum atomic E-state index is -3.60. The molecule has 0 bridgehead atoms. The van der Waals surface area contributed by atoms with Crippen LogP contribution in [0.3, 0.4) is 0 Å². The molecule has 1 heterocycles. The van der Waals surface area contributed by atoms with Crippen LogP contribution in [0.25, 0.3) is 6.08 Å². The number of piperazine rings is 1. The number of rotatable bonds is 6. The van der Waals surface area contributed by atoms with Crippen LogP contribution < -0.4 is 9.47 Å². The Balaban J connectivity index is 1.63. The minimum absolute atomic E-state index is 0.153. The molecule has 7 nitrogen and oxygen atoms in total. The normalized spacial score (nSPS) is 15.4. The zero-order valence-electron chi connectivity index (χ0n) is 17.4. The van der Waals surface area contributed by atoms with Crippen molar-refractivity contribution in [1.29, 1.82) is 0 Å². The van der Waals surface area contributed by atoms with Gasteiger partial charge in [-0.2, -0.15) is 4.31 Å². The van der Waals surface area contributed by atoms with Crippen molar-refractivity contribution in [2.75, 3.05) is 40.4 Å². The first-order valence-corrected chi connectivity index (χ1v) is 11.0. The van der Waals surface area contributed by atoms with Crippen LogP contribution in [0.15, 0.2) is 53.4 Å². The second-order valence-electron chi connectivity index (χ2n) is 6.98. The maximum absolute atomic E-state index is 12.8. The summed E-state index contributed by atoms with van der Waals surface area (Å²) < 4.78 is 37.5. The SMILES string of the molecule is COc1ccc(S(=O)(=O)N2CCN(C(=O)/C=C/c3cc(C)ccc3OC)CC2)cc1. The topological polar surface area (TPSA) is 76.2 Å². The molecule has 2 aromatic rings. The maximum Gasteiger partial charge on any atom is 0.246 e. The first-order chi connectivity index (χ1) is 14.3. The summed E-state index contributed by atoms with van der Waals surface area (Å²) in [5, 5.41) is 0. The molecule has 30 heavy (non-hydrogen) atoms. The molecular weight excluding hydrogens is 404 g/mol. The fourth-order valence-corrected chi connectivity index (χ4v) is 4.72. The maximum atomic E-state index is 12.8. The highest BCUT2D eigenvalue weighted by atomic mass is 32.2. The molecule has 0 N–H and O–H groups in total. The summed E-state index contributed by atoms with van der Waals surface area (Å²) >= 11 is 0. The number of amides is 1. The van der Waals surface area contributed by atoms with Gasteiger partial charge in [-0.1, -0.05) is 11.6 Å². The second-order valence-corrected chi connectivity index (χ2v) is 8.92. The van der Waals surface area contributed by atoms with Crippen molar-refractivity contribution in [2.45, 2.75) is 11.8 Å². The molecule has 0 spiro atoms. The average molecular weight is 431 g/mol. The lowest BCUT2D eigenvalue weighted by Gasteiger charge is -2.33. The summed E-state index contributed by atoms with van der Waals surface area (Å²) in [5.74, 6) is 1.14. The van der Waals surface area contributed by atoms with Gasteiger partial charge in [-0.05, 0) is 49.4 Å².